The molecule has 0 saturated heterocycles. The van der Waals surface area contributed by atoms with E-state index in [9.17, 15) is 4.79 Å². The molecule has 0 bridgehead atoms. The summed E-state index contributed by atoms with van der Waals surface area (Å²) in [6, 6.07) is 5.24. The zero-order valence-electron chi connectivity index (χ0n) is 10.4. The van der Waals surface area contributed by atoms with Gasteiger partial charge in [0, 0.05) is 5.56 Å². The molecule has 0 fully saturated rings. The average Bonchev–Trinajstić information content (AvgIpc) is 2.81. The third-order valence-electron chi connectivity index (χ3n) is 2.40. The summed E-state index contributed by atoms with van der Waals surface area (Å²) in [4.78, 5) is 12.0. The van der Waals surface area contributed by atoms with Gasteiger partial charge in [-0.3, -0.25) is 4.79 Å². The number of aromatic nitrogens is 2. The highest BCUT2D eigenvalue weighted by Gasteiger charge is 2.10. The summed E-state index contributed by atoms with van der Waals surface area (Å²) < 4.78 is 5.88. The van der Waals surface area contributed by atoms with Crippen LogP contribution in [-0.2, 0) is 0 Å². The summed E-state index contributed by atoms with van der Waals surface area (Å²) in [5.41, 5.74) is 0.612. The molecule has 0 saturated carbocycles. The van der Waals surface area contributed by atoms with Gasteiger partial charge in [0.25, 0.3) is 0 Å². The monoisotopic (exact) mass is 341 g/mol. The normalized spacial score (nSPS) is 10.3. The van der Waals surface area contributed by atoms with Crippen LogP contribution < -0.4 is 10.1 Å². The number of ketones is 1. The molecule has 0 radical (unpaired) electrons. The molecule has 2 aromatic rings. The minimum Gasteiger partial charge on any atom is -0.496 e. The van der Waals surface area contributed by atoms with Crippen molar-refractivity contribution in [3.05, 3.63) is 33.2 Å². The van der Waals surface area contributed by atoms with E-state index in [1.54, 1.807) is 25.3 Å². The van der Waals surface area contributed by atoms with Gasteiger partial charge in [-0.25, -0.2) is 0 Å². The molecule has 1 aromatic heterocycles. The predicted octanol–water partition coefficient (Wildman–Crippen LogP) is 2.91. The van der Waals surface area contributed by atoms with Gasteiger partial charge in [-0.05, 0) is 41.1 Å². The Labute approximate surface area is 123 Å². The van der Waals surface area contributed by atoms with E-state index < -0.39 is 0 Å². The molecule has 0 aliphatic carbocycles. The molecule has 0 spiro atoms. The Morgan fingerprint density at radius 2 is 2.26 bits per heavy atom. The topological polar surface area (TPSA) is 64.1 Å². The SMILES string of the molecule is COc1ccc(C(=O)CNc2nnc(C)s2)cc1Br. The maximum atomic E-state index is 12.0. The number of nitrogens with zero attached hydrogens (tertiary/aromatic N) is 2. The summed E-state index contributed by atoms with van der Waals surface area (Å²) in [6.45, 7) is 2.05. The highest BCUT2D eigenvalue weighted by atomic mass is 79.9. The highest BCUT2D eigenvalue weighted by molar-refractivity contribution is 9.10. The van der Waals surface area contributed by atoms with Gasteiger partial charge in [0.05, 0.1) is 18.1 Å². The van der Waals surface area contributed by atoms with Crippen molar-refractivity contribution in [1.29, 1.82) is 0 Å². The predicted molar refractivity (Wildman–Crippen MR) is 78.2 cm³/mol. The molecule has 1 heterocycles. The Morgan fingerprint density at radius 3 is 2.84 bits per heavy atom. The van der Waals surface area contributed by atoms with Gasteiger partial charge in [-0.1, -0.05) is 11.3 Å². The molecular formula is C12H12BrN3O2S. The lowest BCUT2D eigenvalue weighted by Gasteiger charge is -2.06. The van der Waals surface area contributed by atoms with Crippen molar-refractivity contribution in [3.63, 3.8) is 0 Å². The largest absolute Gasteiger partial charge is 0.496 e. The van der Waals surface area contributed by atoms with Crippen molar-refractivity contribution in [1.82, 2.24) is 10.2 Å². The van der Waals surface area contributed by atoms with E-state index in [1.807, 2.05) is 6.92 Å². The first kappa shape index (κ1) is 14.0. The van der Waals surface area contributed by atoms with Crippen molar-refractivity contribution in [2.45, 2.75) is 6.92 Å². The van der Waals surface area contributed by atoms with Gasteiger partial charge in [0.1, 0.15) is 10.8 Å². The van der Waals surface area contributed by atoms with Gasteiger partial charge in [-0.15, -0.1) is 10.2 Å². The molecule has 0 aliphatic rings. The average molecular weight is 342 g/mol. The van der Waals surface area contributed by atoms with Crippen LogP contribution in [-0.4, -0.2) is 29.6 Å². The molecule has 0 atom stereocenters. The Bertz CT molecular complexity index is 600. The Balaban J connectivity index is 2.01. The molecule has 1 N–H and O–H groups in total. The summed E-state index contributed by atoms with van der Waals surface area (Å²) in [6.07, 6.45) is 0. The number of carbonyl (C=O) groups is 1. The molecule has 0 amide bonds. The quantitative estimate of drug-likeness (QED) is 0.847. The first-order valence-electron chi connectivity index (χ1n) is 5.51. The number of ether oxygens (including phenoxy) is 1. The number of Topliss-reactive ketones (excluding diaryl/α,β-unsaturated/α-hetero) is 1. The standard InChI is InChI=1S/C12H12BrN3O2S/c1-7-15-16-12(19-7)14-6-10(17)8-3-4-11(18-2)9(13)5-8/h3-5H,6H2,1-2H3,(H,14,16). The zero-order valence-corrected chi connectivity index (χ0v) is 12.8. The lowest BCUT2D eigenvalue weighted by atomic mass is 10.1. The molecule has 19 heavy (non-hydrogen) atoms. The Morgan fingerprint density at radius 1 is 1.47 bits per heavy atom. The second kappa shape index (κ2) is 6.12. The fraction of sp³-hybridized carbons (Fsp3) is 0.250. The number of aryl methyl sites for hydroxylation is 1. The first-order valence-corrected chi connectivity index (χ1v) is 7.12. The number of rotatable bonds is 5. The molecule has 100 valence electrons. The number of hydrogen-bond acceptors (Lipinski definition) is 6. The van der Waals surface area contributed by atoms with Gasteiger partial charge in [0.2, 0.25) is 5.13 Å². The van der Waals surface area contributed by atoms with E-state index in [2.05, 4.69) is 31.4 Å². The number of benzene rings is 1. The van der Waals surface area contributed by atoms with Crippen LogP contribution in [0.2, 0.25) is 0 Å². The van der Waals surface area contributed by atoms with E-state index >= 15 is 0 Å². The minimum atomic E-state index is -0.0174. The van der Waals surface area contributed by atoms with E-state index in [1.165, 1.54) is 11.3 Å². The van der Waals surface area contributed by atoms with E-state index in [-0.39, 0.29) is 12.3 Å². The highest BCUT2D eigenvalue weighted by Crippen LogP contribution is 2.25. The van der Waals surface area contributed by atoms with Gasteiger partial charge >= 0.3 is 0 Å². The van der Waals surface area contributed by atoms with Crippen molar-refractivity contribution < 1.29 is 9.53 Å². The lowest BCUT2D eigenvalue weighted by molar-refractivity contribution is 0.101. The molecule has 1 aromatic carbocycles. The van der Waals surface area contributed by atoms with Crippen molar-refractivity contribution in [2.75, 3.05) is 19.0 Å². The van der Waals surface area contributed by atoms with Crippen LogP contribution in [0.15, 0.2) is 22.7 Å². The second-order valence-corrected chi connectivity index (χ2v) is 5.79. The van der Waals surface area contributed by atoms with E-state index in [4.69, 9.17) is 4.74 Å². The smallest absolute Gasteiger partial charge is 0.206 e. The van der Waals surface area contributed by atoms with Crippen LogP contribution >= 0.6 is 27.3 Å². The first-order chi connectivity index (χ1) is 9.10. The number of hydrogen-bond donors (Lipinski definition) is 1. The minimum absolute atomic E-state index is 0.0174. The second-order valence-electron chi connectivity index (χ2n) is 3.75. The Kier molecular flexibility index (Phi) is 4.49. The fourth-order valence-electron chi connectivity index (χ4n) is 1.47. The third-order valence-corrected chi connectivity index (χ3v) is 3.82. The summed E-state index contributed by atoms with van der Waals surface area (Å²) in [5.74, 6) is 0.681. The van der Waals surface area contributed by atoms with Crippen molar-refractivity contribution in [2.24, 2.45) is 0 Å². The van der Waals surface area contributed by atoms with E-state index in [0.29, 0.717) is 16.4 Å². The van der Waals surface area contributed by atoms with Crippen LogP contribution in [0.25, 0.3) is 0 Å². The van der Waals surface area contributed by atoms with Crippen LogP contribution in [0.4, 0.5) is 5.13 Å². The van der Waals surface area contributed by atoms with Crippen molar-refractivity contribution in [3.8, 4) is 5.75 Å². The maximum absolute atomic E-state index is 12.0. The fourth-order valence-corrected chi connectivity index (χ4v) is 2.59. The summed E-state index contributed by atoms with van der Waals surface area (Å²) in [7, 11) is 1.58. The number of carbonyl (C=O) groups excluding carboxylic acids is 1. The van der Waals surface area contributed by atoms with Gasteiger partial charge in [0.15, 0.2) is 5.78 Å². The number of anilines is 1. The molecule has 5 nitrogen and oxygen atoms in total. The summed E-state index contributed by atoms with van der Waals surface area (Å²) in [5, 5.41) is 12.3. The van der Waals surface area contributed by atoms with Crippen LogP contribution in [0, 0.1) is 6.92 Å². The van der Waals surface area contributed by atoms with Gasteiger partial charge in [-0.2, -0.15) is 0 Å². The maximum Gasteiger partial charge on any atom is 0.206 e. The summed E-state index contributed by atoms with van der Waals surface area (Å²) >= 11 is 4.78. The van der Waals surface area contributed by atoms with Crippen LogP contribution in [0.5, 0.6) is 5.75 Å². The van der Waals surface area contributed by atoms with Crippen LogP contribution in [0.3, 0.4) is 0 Å². The van der Waals surface area contributed by atoms with E-state index in [0.717, 1.165) is 9.48 Å². The molecule has 0 aliphatic heterocycles. The molecular weight excluding hydrogens is 330 g/mol. The lowest BCUT2D eigenvalue weighted by Crippen LogP contribution is -2.13. The molecule has 2 rings (SSSR count). The third kappa shape index (κ3) is 3.51. The van der Waals surface area contributed by atoms with Crippen LogP contribution in [0.1, 0.15) is 15.4 Å². The Hall–Kier alpha value is -1.47. The zero-order chi connectivity index (χ0) is 13.8. The number of methoxy groups -OCH3 is 1. The van der Waals surface area contributed by atoms with Crippen molar-refractivity contribution >= 4 is 38.2 Å². The molecule has 7 heteroatoms. The van der Waals surface area contributed by atoms with Gasteiger partial charge < -0.3 is 10.1 Å². The number of nitrogens with one attached hydrogen (secondary N) is 1. The number of halogens is 1. The molecule has 0 unspecified atom stereocenters.